The molecule has 0 amide bonds. The van der Waals surface area contributed by atoms with E-state index in [1.54, 1.807) is 6.92 Å². The molecule has 0 saturated heterocycles. The van der Waals surface area contributed by atoms with Gasteiger partial charge in [0.25, 0.3) is 0 Å². The highest BCUT2D eigenvalue weighted by atomic mass is 19.1. The fourth-order valence-electron chi connectivity index (χ4n) is 0.721. The molecule has 0 aliphatic rings. The number of hydrogen-bond donors (Lipinski definition) is 1. The highest BCUT2D eigenvalue weighted by molar-refractivity contribution is 5.46. The SMILES string of the molecule is Cc1c(N)cncc1CF. The highest BCUT2D eigenvalue weighted by Crippen LogP contribution is 2.13. The predicted octanol–water partition coefficient (Wildman–Crippen LogP) is 1.44. The van der Waals surface area contributed by atoms with Crippen molar-refractivity contribution in [2.75, 3.05) is 5.73 Å². The van der Waals surface area contributed by atoms with Crippen LogP contribution in [0.4, 0.5) is 10.1 Å². The molecule has 2 N–H and O–H groups in total. The first-order chi connectivity index (χ1) is 4.75. The summed E-state index contributed by atoms with van der Waals surface area (Å²) < 4.78 is 12.1. The Kier molecular flexibility index (Phi) is 1.85. The molecule has 0 aliphatic heterocycles. The fraction of sp³-hybridized carbons (Fsp3) is 0.286. The topological polar surface area (TPSA) is 38.9 Å². The van der Waals surface area contributed by atoms with Gasteiger partial charge in [-0.1, -0.05) is 0 Å². The van der Waals surface area contributed by atoms with Crippen molar-refractivity contribution >= 4 is 5.69 Å². The van der Waals surface area contributed by atoms with Crippen LogP contribution >= 0.6 is 0 Å². The second-order valence-corrected chi connectivity index (χ2v) is 2.15. The Hall–Kier alpha value is -1.12. The maximum Gasteiger partial charge on any atom is 0.116 e. The lowest BCUT2D eigenvalue weighted by Gasteiger charge is -2.01. The Balaban J connectivity index is 3.14. The number of anilines is 1. The highest BCUT2D eigenvalue weighted by Gasteiger charge is 1.99. The maximum atomic E-state index is 12.1. The van der Waals surface area contributed by atoms with Gasteiger partial charge in [0.15, 0.2) is 0 Å². The van der Waals surface area contributed by atoms with Gasteiger partial charge in [0, 0.05) is 11.8 Å². The van der Waals surface area contributed by atoms with Gasteiger partial charge in [-0.3, -0.25) is 4.98 Å². The van der Waals surface area contributed by atoms with Gasteiger partial charge in [0.2, 0.25) is 0 Å². The van der Waals surface area contributed by atoms with E-state index in [4.69, 9.17) is 5.73 Å². The van der Waals surface area contributed by atoms with Crippen molar-refractivity contribution in [2.45, 2.75) is 13.6 Å². The minimum absolute atomic E-state index is 0.496. The zero-order chi connectivity index (χ0) is 7.56. The minimum atomic E-state index is -0.496. The van der Waals surface area contributed by atoms with E-state index in [1.807, 2.05) is 0 Å². The third-order valence-corrected chi connectivity index (χ3v) is 1.50. The number of alkyl halides is 1. The van der Waals surface area contributed by atoms with Gasteiger partial charge in [-0.05, 0) is 12.5 Å². The van der Waals surface area contributed by atoms with E-state index >= 15 is 0 Å². The standard InChI is InChI=1S/C7H9FN2/c1-5-6(2-8)3-10-4-7(5)9/h3-4H,2,9H2,1H3. The molecule has 10 heavy (non-hydrogen) atoms. The Morgan fingerprint density at radius 2 is 2.30 bits per heavy atom. The predicted molar refractivity (Wildman–Crippen MR) is 38.2 cm³/mol. The number of hydrogen-bond acceptors (Lipinski definition) is 2. The third-order valence-electron chi connectivity index (χ3n) is 1.50. The van der Waals surface area contributed by atoms with Gasteiger partial charge < -0.3 is 5.73 Å². The number of nitrogens with two attached hydrogens (primary N) is 1. The molecule has 0 aliphatic carbocycles. The molecule has 0 aromatic carbocycles. The van der Waals surface area contributed by atoms with Gasteiger partial charge in [-0.25, -0.2) is 4.39 Å². The molecule has 1 heterocycles. The molecule has 1 aromatic rings. The molecule has 54 valence electrons. The van der Waals surface area contributed by atoms with E-state index < -0.39 is 6.67 Å². The van der Waals surface area contributed by atoms with E-state index in [9.17, 15) is 4.39 Å². The number of pyridine rings is 1. The van der Waals surface area contributed by atoms with Gasteiger partial charge >= 0.3 is 0 Å². The molecule has 2 nitrogen and oxygen atoms in total. The monoisotopic (exact) mass is 140 g/mol. The first-order valence-electron chi connectivity index (χ1n) is 3.00. The van der Waals surface area contributed by atoms with E-state index in [-0.39, 0.29) is 0 Å². The first kappa shape index (κ1) is 6.99. The summed E-state index contributed by atoms with van der Waals surface area (Å²) in [7, 11) is 0. The molecule has 0 bridgehead atoms. The number of rotatable bonds is 1. The molecule has 0 atom stereocenters. The fourth-order valence-corrected chi connectivity index (χ4v) is 0.721. The third kappa shape index (κ3) is 1.07. The van der Waals surface area contributed by atoms with Crippen molar-refractivity contribution in [1.82, 2.24) is 4.98 Å². The van der Waals surface area contributed by atoms with Crippen LogP contribution in [0.5, 0.6) is 0 Å². The number of nitrogen functional groups attached to an aromatic ring is 1. The normalized spacial score (nSPS) is 9.80. The summed E-state index contributed by atoms with van der Waals surface area (Å²) in [5, 5.41) is 0. The number of nitrogens with zero attached hydrogens (tertiary/aromatic N) is 1. The summed E-state index contributed by atoms with van der Waals surface area (Å²) in [6.07, 6.45) is 3.01. The first-order valence-corrected chi connectivity index (χ1v) is 3.00. The molecule has 0 fully saturated rings. The van der Waals surface area contributed by atoms with Crippen LogP contribution in [0.25, 0.3) is 0 Å². The average Bonchev–Trinajstić information content (AvgIpc) is 1.95. The average molecular weight is 140 g/mol. The molecular weight excluding hydrogens is 131 g/mol. The molecule has 0 saturated carbocycles. The Bertz CT molecular complexity index is 235. The van der Waals surface area contributed by atoms with Crippen molar-refractivity contribution in [3.05, 3.63) is 23.5 Å². The summed E-state index contributed by atoms with van der Waals surface area (Å²) in [6, 6.07) is 0. The molecule has 0 unspecified atom stereocenters. The Morgan fingerprint density at radius 3 is 2.80 bits per heavy atom. The molecule has 1 aromatic heterocycles. The summed E-state index contributed by atoms with van der Waals surface area (Å²) in [6.45, 7) is 1.29. The summed E-state index contributed by atoms with van der Waals surface area (Å²) in [5.74, 6) is 0. The van der Waals surface area contributed by atoms with Crippen molar-refractivity contribution in [2.24, 2.45) is 0 Å². The van der Waals surface area contributed by atoms with Crippen LogP contribution in [-0.2, 0) is 6.67 Å². The molecule has 0 radical (unpaired) electrons. The van der Waals surface area contributed by atoms with Crippen LogP contribution < -0.4 is 5.73 Å². The molecule has 0 spiro atoms. The van der Waals surface area contributed by atoms with Crippen molar-refractivity contribution in [1.29, 1.82) is 0 Å². The Morgan fingerprint density at radius 1 is 1.60 bits per heavy atom. The van der Waals surface area contributed by atoms with E-state index in [2.05, 4.69) is 4.98 Å². The van der Waals surface area contributed by atoms with Gasteiger partial charge in [0.05, 0.1) is 11.9 Å². The van der Waals surface area contributed by atoms with Crippen LogP contribution in [0.3, 0.4) is 0 Å². The van der Waals surface area contributed by atoms with E-state index in [0.717, 1.165) is 5.56 Å². The van der Waals surface area contributed by atoms with Gasteiger partial charge in [-0.2, -0.15) is 0 Å². The minimum Gasteiger partial charge on any atom is -0.397 e. The van der Waals surface area contributed by atoms with Crippen LogP contribution in [0, 0.1) is 6.92 Å². The largest absolute Gasteiger partial charge is 0.397 e. The lowest BCUT2D eigenvalue weighted by atomic mass is 10.1. The van der Waals surface area contributed by atoms with Crippen LogP contribution in [0.1, 0.15) is 11.1 Å². The smallest absolute Gasteiger partial charge is 0.116 e. The lowest BCUT2D eigenvalue weighted by Crippen LogP contribution is -1.94. The van der Waals surface area contributed by atoms with Crippen molar-refractivity contribution in [3.8, 4) is 0 Å². The Labute approximate surface area is 58.9 Å². The second kappa shape index (κ2) is 2.64. The summed E-state index contributed by atoms with van der Waals surface area (Å²) in [4.78, 5) is 3.75. The molecular formula is C7H9FN2. The quantitative estimate of drug-likeness (QED) is 0.641. The number of halogens is 1. The summed E-state index contributed by atoms with van der Waals surface area (Å²) in [5.41, 5.74) is 7.38. The van der Waals surface area contributed by atoms with Crippen LogP contribution in [0.15, 0.2) is 12.4 Å². The van der Waals surface area contributed by atoms with Crippen molar-refractivity contribution < 1.29 is 4.39 Å². The van der Waals surface area contributed by atoms with E-state index in [0.29, 0.717) is 11.3 Å². The maximum absolute atomic E-state index is 12.1. The second-order valence-electron chi connectivity index (χ2n) is 2.15. The lowest BCUT2D eigenvalue weighted by molar-refractivity contribution is 0.482. The summed E-state index contributed by atoms with van der Waals surface area (Å²) >= 11 is 0. The zero-order valence-corrected chi connectivity index (χ0v) is 5.76. The van der Waals surface area contributed by atoms with Crippen LogP contribution in [-0.4, -0.2) is 4.98 Å². The molecule has 1 rings (SSSR count). The van der Waals surface area contributed by atoms with Gasteiger partial charge in [0.1, 0.15) is 6.67 Å². The van der Waals surface area contributed by atoms with Crippen molar-refractivity contribution in [3.63, 3.8) is 0 Å². The van der Waals surface area contributed by atoms with E-state index in [1.165, 1.54) is 12.4 Å². The number of aromatic nitrogens is 1. The van der Waals surface area contributed by atoms with Crippen LogP contribution in [0.2, 0.25) is 0 Å². The molecule has 3 heteroatoms. The van der Waals surface area contributed by atoms with Gasteiger partial charge in [-0.15, -0.1) is 0 Å². The zero-order valence-electron chi connectivity index (χ0n) is 5.76.